The molecule has 2 N–H and O–H groups in total. The first-order chi connectivity index (χ1) is 11.5. The van der Waals surface area contributed by atoms with Crippen LogP contribution in [0.25, 0.3) is 0 Å². The highest BCUT2D eigenvalue weighted by Crippen LogP contribution is 2.53. The Morgan fingerprint density at radius 1 is 1.33 bits per heavy atom. The van der Waals surface area contributed by atoms with Gasteiger partial charge >= 0.3 is 11.9 Å². The van der Waals surface area contributed by atoms with Crippen molar-refractivity contribution in [1.29, 1.82) is 0 Å². The minimum absolute atomic E-state index is 0.0472. The second-order valence-corrected chi connectivity index (χ2v) is 6.32. The van der Waals surface area contributed by atoms with E-state index in [9.17, 15) is 19.8 Å². The maximum atomic E-state index is 11.9. The van der Waals surface area contributed by atoms with Crippen LogP contribution in [-0.4, -0.2) is 53.0 Å². The molecule has 2 aliphatic rings. The zero-order valence-electron chi connectivity index (χ0n) is 13.5. The molecule has 0 aliphatic carbocycles. The molecule has 7 nitrogen and oxygen atoms in total. The fourth-order valence-corrected chi connectivity index (χ4v) is 4.12. The Morgan fingerprint density at radius 3 is 2.75 bits per heavy atom. The number of nitrogens with zero attached hydrogens (tertiary/aromatic N) is 1. The van der Waals surface area contributed by atoms with E-state index in [4.69, 9.17) is 9.47 Å². The van der Waals surface area contributed by atoms with E-state index in [1.54, 1.807) is 12.1 Å². The second-order valence-electron chi connectivity index (χ2n) is 6.32. The first kappa shape index (κ1) is 16.7. The number of para-hydroxylation sites is 1. The smallest absolute Gasteiger partial charge is 0.324 e. The molecule has 2 aliphatic heterocycles. The first-order valence-electron chi connectivity index (χ1n) is 7.95. The lowest BCUT2D eigenvalue weighted by molar-refractivity contribution is -0.148. The van der Waals surface area contributed by atoms with Gasteiger partial charge in [-0.05, 0) is 31.9 Å². The number of fused-ring (bicyclic) bond motifs is 1. The van der Waals surface area contributed by atoms with Gasteiger partial charge in [-0.3, -0.25) is 14.5 Å². The number of methoxy groups -OCH3 is 1. The zero-order valence-corrected chi connectivity index (χ0v) is 13.5. The van der Waals surface area contributed by atoms with Crippen LogP contribution in [0.5, 0.6) is 5.75 Å². The Balaban J connectivity index is 2.05. The summed E-state index contributed by atoms with van der Waals surface area (Å²) in [5.41, 5.74) is -0.394. The van der Waals surface area contributed by atoms with Crippen LogP contribution in [0.2, 0.25) is 0 Å². The highest BCUT2D eigenvalue weighted by molar-refractivity contribution is 5.83. The molecule has 1 aromatic rings. The van der Waals surface area contributed by atoms with Crippen molar-refractivity contribution < 1.29 is 29.3 Å². The van der Waals surface area contributed by atoms with Gasteiger partial charge in [0.25, 0.3) is 0 Å². The summed E-state index contributed by atoms with van der Waals surface area (Å²) in [7, 11) is 1.51. The van der Waals surface area contributed by atoms with Crippen LogP contribution >= 0.6 is 0 Å². The van der Waals surface area contributed by atoms with Crippen LogP contribution in [0.3, 0.4) is 0 Å². The van der Waals surface area contributed by atoms with Crippen molar-refractivity contribution in [3.8, 4) is 5.75 Å². The predicted octanol–water partition coefficient (Wildman–Crippen LogP) is 1.73. The van der Waals surface area contributed by atoms with Crippen LogP contribution in [0.4, 0.5) is 0 Å². The molecule has 2 heterocycles. The molecule has 0 bridgehead atoms. The van der Waals surface area contributed by atoms with Crippen molar-refractivity contribution in [1.82, 2.24) is 4.90 Å². The molecule has 0 unspecified atom stereocenters. The minimum Gasteiger partial charge on any atom is -0.481 e. The summed E-state index contributed by atoms with van der Waals surface area (Å²) in [6.07, 6.45) is 1.33. The zero-order chi connectivity index (χ0) is 17.3. The summed E-state index contributed by atoms with van der Waals surface area (Å²) < 4.78 is 10.5. The molecule has 0 saturated carbocycles. The fraction of sp³-hybridized carbons (Fsp3) is 0.529. The molecule has 0 spiro atoms. The SMILES string of the molecule is COCOc1ccccc1[C@@H]1[C@H](C(=O)O)C[C@]2(C(=O)O)CCCN12. The van der Waals surface area contributed by atoms with Gasteiger partial charge in [-0.2, -0.15) is 0 Å². The Labute approximate surface area is 139 Å². The van der Waals surface area contributed by atoms with Crippen LogP contribution in [0.1, 0.15) is 30.9 Å². The predicted molar refractivity (Wildman–Crippen MR) is 83.7 cm³/mol. The Hall–Kier alpha value is -2.12. The first-order valence-corrected chi connectivity index (χ1v) is 7.95. The van der Waals surface area contributed by atoms with E-state index in [1.165, 1.54) is 7.11 Å². The van der Waals surface area contributed by atoms with E-state index in [-0.39, 0.29) is 13.2 Å². The van der Waals surface area contributed by atoms with Crippen molar-refractivity contribution in [2.45, 2.75) is 30.8 Å². The second kappa shape index (κ2) is 6.41. The van der Waals surface area contributed by atoms with E-state index >= 15 is 0 Å². The van der Waals surface area contributed by atoms with E-state index < -0.39 is 29.4 Å². The summed E-state index contributed by atoms with van der Waals surface area (Å²) in [5, 5.41) is 19.4. The standard InChI is InChI=1S/C17H21NO6/c1-23-10-24-13-6-3-2-5-11(13)14-12(15(19)20)9-17(16(21)22)7-4-8-18(14)17/h2-3,5-6,12,14H,4,7-10H2,1H3,(H,19,20)(H,21,22)/t12-,14-,17+/m1/s1. The molecule has 2 fully saturated rings. The van der Waals surface area contributed by atoms with Crippen LogP contribution in [-0.2, 0) is 14.3 Å². The normalized spacial score (nSPS) is 29.4. The number of aliphatic carboxylic acids is 2. The molecule has 0 amide bonds. The highest BCUT2D eigenvalue weighted by Gasteiger charge is 2.61. The van der Waals surface area contributed by atoms with Gasteiger partial charge in [0.15, 0.2) is 6.79 Å². The molecule has 3 atom stereocenters. The Morgan fingerprint density at radius 2 is 2.08 bits per heavy atom. The average Bonchev–Trinajstić information content (AvgIpc) is 3.10. The molecule has 130 valence electrons. The number of rotatable bonds is 6. The lowest BCUT2D eigenvalue weighted by Gasteiger charge is -2.32. The summed E-state index contributed by atoms with van der Waals surface area (Å²) >= 11 is 0. The molecular formula is C17H21NO6. The van der Waals surface area contributed by atoms with Crippen LogP contribution < -0.4 is 4.74 Å². The number of carboxylic acids is 2. The van der Waals surface area contributed by atoms with Crippen molar-refractivity contribution in [3.05, 3.63) is 29.8 Å². The van der Waals surface area contributed by atoms with E-state index in [0.29, 0.717) is 24.3 Å². The highest BCUT2D eigenvalue weighted by atomic mass is 16.7. The topological polar surface area (TPSA) is 96.3 Å². The van der Waals surface area contributed by atoms with Crippen molar-refractivity contribution in [3.63, 3.8) is 0 Å². The van der Waals surface area contributed by atoms with Crippen molar-refractivity contribution in [2.75, 3.05) is 20.4 Å². The number of carboxylic acid groups (broad SMARTS) is 2. The maximum Gasteiger partial charge on any atom is 0.324 e. The maximum absolute atomic E-state index is 11.9. The van der Waals surface area contributed by atoms with Crippen molar-refractivity contribution >= 4 is 11.9 Å². The number of hydrogen-bond donors (Lipinski definition) is 2. The van der Waals surface area contributed by atoms with E-state index in [0.717, 1.165) is 6.42 Å². The minimum atomic E-state index is -1.10. The summed E-state index contributed by atoms with van der Waals surface area (Å²) in [6, 6.07) is 6.65. The molecule has 3 rings (SSSR count). The largest absolute Gasteiger partial charge is 0.481 e. The molecule has 24 heavy (non-hydrogen) atoms. The third kappa shape index (κ3) is 2.53. The van der Waals surface area contributed by atoms with Gasteiger partial charge in [0.2, 0.25) is 0 Å². The number of benzene rings is 1. The van der Waals surface area contributed by atoms with Gasteiger partial charge in [-0.1, -0.05) is 18.2 Å². The lowest BCUT2D eigenvalue weighted by Crippen LogP contribution is -2.46. The van der Waals surface area contributed by atoms with Gasteiger partial charge in [0, 0.05) is 12.7 Å². The van der Waals surface area contributed by atoms with Crippen LogP contribution in [0.15, 0.2) is 24.3 Å². The lowest BCUT2D eigenvalue weighted by atomic mass is 9.87. The number of carbonyl (C=O) groups is 2. The van der Waals surface area contributed by atoms with Gasteiger partial charge in [-0.15, -0.1) is 0 Å². The molecule has 0 radical (unpaired) electrons. The van der Waals surface area contributed by atoms with Gasteiger partial charge in [-0.25, -0.2) is 0 Å². The summed E-state index contributed by atoms with van der Waals surface area (Å²) in [4.78, 5) is 25.6. The van der Waals surface area contributed by atoms with Gasteiger partial charge in [0.05, 0.1) is 12.0 Å². The molecule has 7 heteroatoms. The molecular weight excluding hydrogens is 314 g/mol. The fourth-order valence-electron chi connectivity index (χ4n) is 4.12. The van der Waals surface area contributed by atoms with Gasteiger partial charge in [0.1, 0.15) is 11.3 Å². The number of ether oxygens (including phenoxy) is 2. The van der Waals surface area contributed by atoms with Gasteiger partial charge < -0.3 is 19.7 Å². The van der Waals surface area contributed by atoms with Crippen molar-refractivity contribution in [2.24, 2.45) is 5.92 Å². The quantitative estimate of drug-likeness (QED) is 0.764. The summed E-state index contributed by atoms with van der Waals surface area (Å²) in [5.74, 6) is -2.17. The third-order valence-electron chi connectivity index (χ3n) is 5.10. The molecule has 1 aromatic carbocycles. The third-order valence-corrected chi connectivity index (χ3v) is 5.10. The van der Waals surface area contributed by atoms with Crippen LogP contribution in [0, 0.1) is 5.92 Å². The number of hydrogen-bond acceptors (Lipinski definition) is 5. The van der Waals surface area contributed by atoms with E-state index in [2.05, 4.69) is 0 Å². The Bertz CT molecular complexity index is 648. The molecule has 2 saturated heterocycles. The average molecular weight is 335 g/mol. The van der Waals surface area contributed by atoms with E-state index in [1.807, 2.05) is 17.0 Å². The monoisotopic (exact) mass is 335 g/mol. The summed E-state index contributed by atoms with van der Waals surface area (Å²) in [6.45, 7) is 0.616. The Kier molecular flexibility index (Phi) is 4.47. The molecule has 0 aromatic heterocycles.